The zero-order valence-corrected chi connectivity index (χ0v) is 21.4. The number of benzene rings is 1. The van der Waals surface area contributed by atoms with Crippen molar-refractivity contribution in [2.45, 2.75) is 45.1 Å². The quantitative estimate of drug-likeness (QED) is 0.264. The number of hydrogen-bond acceptors (Lipinski definition) is 6. The molecule has 0 atom stereocenters. The summed E-state index contributed by atoms with van der Waals surface area (Å²) >= 11 is 0. The van der Waals surface area contributed by atoms with Crippen molar-refractivity contribution in [3.8, 4) is 33.9 Å². The Morgan fingerprint density at radius 1 is 1.05 bits per heavy atom. The molecule has 212 valence electrons. The summed E-state index contributed by atoms with van der Waals surface area (Å²) in [6.45, 7) is 5.22. The van der Waals surface area contributed by atoms with Gasteiger partial charge in [-0.3, -0.25) is 9.67 Å². The third-order valence-electron chi connectivity index (χ3n) is 5.19. The van der Waals surface area contributed by atoms with Gasteiger partial charge in [0.25, 0.3) is 0 Å². The highest BCUT2D eigenvalue weighted by Crippen LogP contribution is 2.45. The molecule has 2 aromatic heterocycles. The monoisotopic (exact) mass is 560 g/mol. The van der Waals surface area contributed by atoms with E-state index in [4.69, 9.17) is 9.47 Å². The molecule has 0 bridgehead atoms. The van der Waals surface area contributed by atoms with Crippen LogP contribution in [0.2, 0.25) is 0 Å². The summed E-state index contributed by atoms with van der Waals surface area (Å²) < 4.78 is 91.3. The number of carbonyl (C=O) groups excluding carboxylic acids is 1. The number of phenols is 1. The fourth-order valence-corrected chi connectivity index (χ4v) is 3.53. The number of alkyl carbamates (subject to hydrolysis) is 1. The van der Waals surface area contributed by atoms with Crippen LogP contribution >= 0.6 is 0 Å². The molecule has 0 unspecified atom stereocenters. The average molecular weight is 560 g/mol. The van der Waals surface area contributed by atoms with Crippen LogP contribution in [-0.4, -0.2) is 44.7 Å². The van der Waals surface area contributed by atoms with Gasteiger partial charge in [0.1, 0.15) is 17.1 Å². The average Bonchev–Trinajstić information content (AvgIpc) is 3.19. The zero-order chi connectivity index (χ0) is 29.2. The number of rotatable bonds is 7. The molecule has 0 saturated heterocycles. The lowest BCUT2D eigenvalue weighted by atomic mass is 9.98. The Bertz CT molecular complexity index is 1330. The summed E-state index contributed by atoms with van der Waals surface area (Å²) in [7, 11) is 1.23. The van der Waals surface area contributed by atoms with E-state index in [9.17, 15) is 36.2 Å². The number of aryl methyl sites for hydroxylation is 1. The molecule has 3 rings (SSSR count). The van der Waals surface area contributed by atoms with Crippen LogP contribution in [0.4, 0.5) is 31.1 Å². The number of aromatic nitrogens is 3. The third kappa shape index (κ3) is 7.54. The van der Waals surface area contributed by atoms with E-state index in [1.54, 1.807) is 20.8 Å². The summed E-state index contributed by atoms with van der Waals surface area (Å²) in [6, 6.07) is 4.04. The molecule has 8 nitrogen and oxygen atoms in total. The zero-order valence-electron chi connectivity index (χ0n) is 21.4. The van der Waals surface area contributed by atoms with E-state index in [0.29, 0.717) is 12.3 Å². The van der Waals surface area contributed by atoms with E-state index in [1.807, 2.05) is 0 Å². The van der Waals surface area contributed by atoms with E-state index in [2.05, 4.69) is 15.4 Å². The summed E-state index contributed by atoms with van der Waals surface area (Å²) in [6.07, 6.45) is -8.21. The Balaban J connectivity index is 1.95. The number of pyridine rings is 1. The number of nitrogens with one attached hydrogen (secondary N) is 1. The molecule has 0 radical (unpaired) electrons. The molecule has 3 aromatic rings. The summed E-state index contributed by atoms with van der Waals surface area (Å²) in [4.78, 5) is 15.4. The molecule has 0 spiro atoms. The minimum atomic E-state index is -4.75. The van der Waals surface area contributed by atoms with Crippen molar-refractivity contribution < 1.29 is 45.7 Å². The van der Waals surface area contributed by atoms with Crippen LogP contribution in [0.25, 0.3) is 22.4 Å². The number of phenolic OH excluding ortho intramolecular Hbond substituents is 1. The number of carbonyl (C=O) groups is 1. The highest BCUT2D eigenvalue weighted by Gasteiger charge is 2.35. The number of hydrogen-bond donors (Lipinski definition) is 2. The molecule has 2 heterocycles. The number of alkyl halides is 6. The van der Waals surface area contributed by atoms with Gasteiger partial charge < -0.3 is 19.9 Å². The van der Waals surface area contributed by atoms with Crippen molar-refractivity contribution in [3.05, 3.63) is 47.9 Å². The van der Waals surface area contributed by atoms with E-state index < -0.39 is 41.1 Å². The van der Waals surface area contributed by atoms with Crippen LogP contribution in [0.3, 0.4) is 0 Å². The first kappa shape index (κ1) is 29.6. The van der Waals surface area contributed by atoms with Gasteiger partial charge in [0.2, 0.25) is 0 Å². The molecule has 2 N–H and O–H groups in total. The Labute approximate surface area is 219 Å². The van der Waals surface area contributed by atoms with Crippen molar-refractivity contribution in [1.82, 2.24) is 20.1 Å². The van der Waals surface area contributed by atoms with Crippen LogP contribution in [-0.2, 0) is 24.1 Å². The Kier molecular flexibility index (Phi) is 8.36. The van der Waals surface area contributed by atoms with Crippen LogP contribution in [0, 0.1) is 0 Å². The molecule has 0 fully saturated rings. The number of nitrogens with zero attached hydrogens (tertiary/aromatic N) is 3. The van der Waals surface area contributed by atoms with Gasteiger partial charge in [-0.25, -0.2) is 4.79 Å². The van der Waals surface area contributed by atoms with Gasteiger partial charge in [-0.2, -0.15) is 31.4 Å². The fraction of sp³-hybridized carbons (Fsp3) is 0.400. The summed E-state index contributed by atoms with van der Waals surface area (Å²) in [5.74, 6) is -0.676. The molecule has 14 heteroatoms. The maximum absolute atomic E-state index is 13.4. The Hall–Kier alpha value is -3.97. The largest absolute Gasteiger partial charge is 0.506 e. The highest BCUT2D eigenvalue weighted by molar-refractivity contribution is 5.85. The minimum absolute atomic E-state index is 0.0299. The molecule has 0 aliphatic rings. The lowest BCUT2D eigenvalue weighted by Crippen LogP contribution is -2.33. The predicted octanol–water partition coefficient (Wildman–Crippen LogP) is 6.19. The van der Waals surface area contributed by atoms with Gasteiger partial charge in [-0.05, 0) is 51.5 Å². The van der Waals surface area contributed by atoms with E-state index in [1.165, 1.54) is 19.2 Å². The fourth-order valence-electron chi connectivity index (χ4n) is 3.53. The first-order valence-electron chi connectivity index (χ1n) is 11.6. The first-order valence-corrected chi connectivity index (χ1v) is 11.6. The maximum Gasteiger partial charge on any atom is 0.435 e. The molecule has 0 saturated carbocycles. The summed E-state index contributed by atoms with van der Waals surface area (Å²) in [5.41, 5.74) is -3.63. The molecule has 39 heavy (non-hydrogen) atoms. The Morgan fingerprint density at radius 2 is 1.74 bits per heavy atom. The van der Waals surface area contributed by atoms with Crippen molar-refractivity contribution in [1.29, 1.82) is 0 Å². The molecular formula is C25H26F6N4O4. The van der Waals surface area contributed by atoms with Crippen LogP contribution in [0.5, 0.6) is 11.5 Å². The minimum Gasteiger partial charge on any atom is -0.506 e. The van der Waals surface area contributed by atoms with Crippen LogP contribution in [0.15, 0.2) is 36.7 Å². The molecule has 1 amide bonds. The van der Waals surface area contributed by atoms with Gasteiger partial charge >= 0.3 is 18.4 Å². The lowest BCUT2D eigenvalue weighted by molar-refractivity contribution is -0.141. The smallest absolute Gasteiger partial charge is 0.435 e. The highest BCUT2D eigenvalue weighted by atomic mass is 19.4. The van der Waals surface area contributed by atoms with Crippen molar-refractivity contribution in [2.75, 3.05) is 13.2 Å². The topological polar surface area (TPSA) is 98.5 Å². The van der Waals surface area contributed by atoms with Gasteiger partial charge in [0.15, 0.2) is 5.69 Å². The van der Waals surface area contributed by atoms with E-state index >= 15 is 0 Å². The SMILES string of the molecule is Cn1nc(C(F)(F)F)cc1-c1ccc(OCCCNC(=O)OC(C)(C)C)c(-c2cncc(C(F)(F)F)c2)c1O. The second-order valence-electron chi connectivity index (χ2n) is 9.46. The maximum atomic E-state index is 13.4. The van der Waals surface area contributed by atoms with Crippen molar-refractivity contribution >= 4 is 6.09 Å². The van der Waals surface area contributed by atoms with Gasteiger partial charge in [-0.15, -0.1) is 0 Å². The second-order valence-corrected chi connectivity index (χ2v) is 9.46. The molecule has 1 aromatic carbocycles. The number of aromatic hydroxyl groups is 1. The first-order chi connectivity index (χ1) is 18.0. The van der Waals surface area contributed by atoms with Crippen LogP contribution in [0.1, 0.15) is 38.4 Å². The normalized spacial score (nSPS) is 12.4. The van der Waals surface area contributed by atoms with Crippen molar-refractivity contribution in [2.24, 2.45) is 7.05 Å². The third-order valence-corrected chi connectivity index (χ3v) is 5.19. The van der Waals surface area contributed by atoms with Gasteiger partial charge in [0, 0.05) is 37.1 Å². The molecular weight excluding hydrogens is 534 g/mol. The number of halogens is 6. The van der Waals surface area contributed by atoms with E-state index in [0.717, 1.165) is 16.9 Å². The predicted molar refractivity (Wildman–Crippen MR) is 128 cm³/mol. The second kappa shape index (κ2) is 11.0. The summed E-state index contributed by atoms with van der Waals surface area (Å²) in [5, 5.41) is 17.1. The van der Waals surface area contributed by atoms with Gasteiger partial charge in [0.05, 0.1) is 23.4 Å². The number of ether oxygens (including phenoxy) is 2. The Morgan fingerprint density at radius 3 is 2.33 bits per heavy atom. The molecule has 0 aliphatic carbocycles. The van der Waals surface area contributed by atoms with E-state index in [-0.39, 0.29) is 47.7 Å². The van der Waals surface area contributed by atoms with Crippen molar-refractivity contribution in [3.63, 3.8) is 0 Å². The molecule has 0 aliphatic heterocycles. The number of amides is 1. The van der Waals surface area contributed by atoms with Gasteiger partial charge in [-0.1, -0.05) is 0 Å². The standard InChI is InChI=1S/C25H26F6N4O4/c1-23(2,3)39-22(37)33-8-5-9-38-18-7-6-16(17-11-19(25(29,30)31)34-35(17)4)21(36)20(18)14-10-15(13-32-12-14)24(26,27)28/h6-7,10-13,36H,5,8-9H2,1-4H3,(H,33,37). The van der Waals surface area contributed by atoms with Crippen LogP contribution < -0.4 is 10.1 Å². The lowest BCUT2D eigenvalue weighted by Gasteiger charge is -2.20.